The topological polar surface area (TPSA) is 20.2 Å². The normalized spacial score (nSPS) is 18.9. The molecule has 0 heterocycles. The lowest BCUT2D eigenvalue weighted by molar-refractivity contribution is 0.0553. The molecule has 2 atom stereocenters. The quantitative estimate of drug-likeness (QED) is 0.419. The summed E-state index contributed by atoms with van der Waals surface area (Å²) in [5.41, 5.74) is 2.55. The molecule has 1 aliphatic rings. The van der Waals surface area contributed by atoms with Gasteiger partial charge in [0.15, 0.2) is 0 Å². The van der Waals surface area contributed by atoms with Gasteiger partial charge in [0.1, 0.15) is 0 Å². The minimum Gasteiger partial charge on any atom is -0.393 e. The van der Waals surface area contributed by atoms with Crippen molar-refractivity contribution in [3.05, 3.63) is 36.0 Å². The Bertz CT molecular complexity index is 354. The molecule has 0 bridgehead atoms. The van der Waals surface area contributed by atoms with Gasteiger partial charge in [-0.3, -0.25) is 0 Å². The fourth-order valence-corrected chi connectivity index (χ4v) is 3.31. The summed E-state index contributed by atoms with van der Waals surface area (Å²) in [5.74, 6) is 1.03. The fraction of sp³-hybridized carbons (Fsp3) is 0.700. The van der Waals surface area contributed by atoms with E-state index in [4.69, 9.17) is 0 Å². The predicted molar refractivity (Wildman–Crippen MR) is 93.3 cm³/mol. The molecule has 120 valence electrons. The zero-order chi connectivity index (χ0) is 15.7. The van der Waals surface area contributed by atoms with E-state index in [1.807, 2.05) is 6.08 Å². The van der Waals surface area contributed by atoms with Crippen molar-refractivity contribution in [2.75, 3.05) is 0 Å². The largest absolute Gasteiger partial charge is 0.393 e. The summed E-state index contributed by atoms with van der Waals surface area (Å²) in [5, 5.41) is 10.4. The lowest BCUT2D eigenvalue weighted by atomic mass is 9.87. The van der Waals surface area contributed by atoms with Crippen LogP contribution < -0.4 is 0 Å². The third-order valence-corrected chi connectivity index (χ3v) is 4.84. The molecular weight excluding hydrogens is 256 g/mol. The van der Waals surface area contributed by atoms with Crippen LogP contribution in [-0.2, 0) is 0 Å². The monoisotopic (exact) mass is 290 g/mol. The van der Waals surface area contributed by atoms with Crippen LogP contribution in [-0.4, -0.2) is 11.2 Å². The summed E-state index contributed by atoms with van der Waals surface area (Å²) >= 11 is 0. The first-order valence-corrected chi connectivity index (χ1v) is 8.70. The molecule has 1 aliphatic carbocycles. The van der Waals surface area contributed by atoms with Crippen LogP contribution in [0.1, 0.15) is 72.1 Å². The van der Waals surface area contributed by atoms with Crippen LogP contribution in [0, 0.1) is 11.8 Å². The molecule has 0 aromatic heterocycles. The van der Waals surface area contributed by atoms with E-state index < -0.39 is 0 Å². The number of unbranched alkanes of at least 4 members (excludes halogenated alkanes) is 2. The zero-order valence-corrected chi connectivity index (χ0v) is 14.3. The standard InChI is InChI=1S/C20H34O/c1-5-18(16(2)3)13-9-7-6-8-12-17(4)20(21)19-14-10-11-15-19/h5,9,13,17,19-21H,1,6-8,10-12,14-15H2,2-4H3/b13-9-/t17-,20?/m0/s1. The number of aliphatic hydroxyl groups excluding tert-OH is 1. The maximum atomic E-state index is 10.4. The summed E-state index contributed by atoms with van der Waals surface area (Å²) in [6.45, 7) is 10.3. The highest BCUT2D eigenvalue weighted by Gasteiger charge is 2.26. The SMILES string of the molecule is C=CC(/C=C\CCCC[C@H](C)C(O)C1CCCC1)=C(C)C. The molecule has 1 nitrogen and oxygen atoms in total. The second-order valence-corrected chi connectivity index (χ2v) is 6.86. The summed E-state index contributed by atoms with van der Waals surface area (Å²) in [4.78, 5) is 0. The van der Waals surface area contributed by atoms with Crippen molar-refractivity contribution in [1.29, 1.82) is 0 Å². The molecule has 21 heavy (non-hydrogen) atoms. The van der Waals surface area contributed by atoms with Gasteiger partial charge in [-0.05, 0) is 63.4 Å². The van der Waals surface area contributed by atoms with Gasteiger partial charge in [-0.1, -0.05) is 56.6 Å². The fourth-order valence-electron chi connectivity index (χ4n) is 3.31. The highest BCUT2D eigenvalue weighted by molar-refractivity contribution is 5.32. The lowest BCUT2D eigenvalue weighted by Gasteiger charge is -2.24. The van der Waals surface area contributed by atoms with E-state index in [9.17, 15) is 5.11 Å². The second kappa shape index (κ2) is 10.00. The molecule has 1 saturated carbocycles. The summed E-state index contributed by atoms with van der Waals surface area (Å²) in [7, 11) is 0. The van der Waals surface area contributed by atoms with Crippen molar-refractivity contribution in [2.24, 2.45) is 11.8 Å². The molecule has 0 aliphatic heterocycles. The molecule has 0 spiro atoms. The van der Waals surface area contributed by atoms with Crippen molar-refractivity contribution in [1.82, 2.24) is 0 Å². The first-order valence-electron chi connectivity index (χ1n) is 8.70. The van der Waals surface area contributed by atoms with E-state index in [0.29, 0.717) is 11.8 Å². The minimum absolute atomic E-state index is 0.0684. The molecule has 1 unspecified atom stereocenters. The van der Waals surface area contributed by atoms with Crippen molar-refractivity contribution in [3.63, 3.8) is 0 Å². The molecule has 0 aromatic carbocycles. The smallest absolute Gasteiger partial charge is 0.0593 e. The molecule has 1 fully saturated rings. The molecule has 0 radical (unpaired) electrons. The van der Waals surface area contributed by atoms with Crippen LogP contribution in [0.2, 0.25) is 0 Å². The Kier molecular flexibility index (Phi) is 8.68. The third-order valence-electron chi connectivity index (χ3n) is 4.84. The molecular formula is C20H34O. The molecule has 0 amide bonds. The van der Waals surface area contributed by atoms with E-state index in [2.05, 4.69) is 39.5 Å². The Morgan fingerprint density at radius 3 is 2.48 bits per heavy atom. The van der Waals surface area contributed by atoms with Crippen molar-refractivity contribution >= 4 is 0 Å². The lowest BCUT2D eigenvalue weighted by Crippen LogP contribution is -2.25. The first-order chi connectivity index (χ1) is 10.1. The molecule has 1 N–H and O–H groups in total. The van der Waals surface area contributed by atoms with Gasteiger partial charge in [0.05, 0.1) is 6.10 Å². The average Bonchev–Trinajstić information content (AvgIpc) is 2.99. The first kappa shape index (κ1) is 18.2. The number of allylic oxidation sites excluding steroid dienone is 5. The van der Waals surface area contributed by atoms with Gasteiger partial charge < -0.3 is 5.11 Å². The number of aliphatic hydroxyl groups is 1. The van der Waals surface area contributed by atoms with Gasteiger partial charge in [0.2, 0.25) is 0 Å². The van der Waals surface area contributed by atoms with Crippen LogP contribution in [0.15, 0.2) is 36.0 Å². The van der Waals surface area contributed by atoms with E-state index in [1.54, 1.807) is 0 Å². The van der Waals surface area contributed by atoms with Crippen LogP contribution in [0.25, 0.3) is 0 Å². The van der Waals surface area contributed by atoms with Crippen LogP contribution in [0.5, 0.6) is 0 Å². The van der Waals surface area contributed by atoms with Gasteiger partial charge in [-0.25, -0.2) is 0 Å². The van der Waals surface area contributed by atoms with Gasteiger partial charge in [-0.15, -0.1) is 0 Å². The molecule has 1 rings (SSSR count). The second-order valence-electron chi connectivity index (χ2n) is 6.86. The predicted octanol–water partition coefficient (Wildman–Crippen LogP) is 5.81. The Hall–Kier alpha value is -0.820. The van der Waals surface area contributed by atoms with E-state index in [-0.39, 0.29) is 6.10 Å². The highest BCUT2D eigenvalue weighted by Crippen LogP contribution is 2.32. The van der Waals surface area contributed by atoms with Gasteiger partial charge in [-0.2, -0.15) is 0 Å². The average molecular weight is 290 g/mol. The third kappa shape index (κ3) is 6.65. The van der Waals surface area contributed by atoms with Crippen LogP contribution in [0.4, 0.5) is 0 Å². The van der Waals surface area contributed by atoms with Crippen LogP contribution >= 0.6 is 0 Å². The Balaban J connectivity index is 2.17. The number of hydrogen-bond acceptors (Lipinski definition) is 1. The van der Waals surface area contributed by atoms with Crippen molar-refractivity contribution in [3.8, 4) is 0 Å². The molecule has 1 heteroatoms. The van der Waals surface area contributed by atoms with Crippen molar-refractivity contribution in [2.45, 2.75) is 78.2 Å². The zero-order valence-electron chi connectivity index (χ0n) is 14.3. The maximum absolute atomic E-state index is 10.4. The number of rotatable bonds is 9. The summed E-state index contributed by atoms with van der Waals surface area (Å²) in [6.07, 6.45) is 16.1. The summed E-state index contributed by atoms with van der Waals surface area (Å²) in [6, 6.07) is 0. The van der Waals surface area contributed by atoms with Gasteiger partial charge >= 0.3 is 0 Å². The van der Waals surface area contributed by atoms with E-state index in [1.165, 1.54) is 49.7 Å². The Morgan fingerprint density at radius 2 is 1.90 bits per heavy atom. The van der Waals surface area contributed by atoms with Gasteiger partial charge in [0, 0.05) is 0 Å². The van der Waals surface area contributed by atoms with Crippen molar-refractivity contribution < 1.29 is 5.11 Å². The maximum Gasteiger partial charge on any atom is 0.0593 e. The molecule has 0 saturated heterocycles. The Morgan fingerprint density at radius 1 is 1.24 bits per heavy atom. The van der Waals surface area contributed by atoms with Crippen LogP contribution in [0.3, 0.4) is 0 Å². The van der Waals surface area contributed by atoms with E-state index >= 15 is 0 Å². The Labute approximate surface area is 131 Å². The summed E-state index contributed by atoms with van der Waals surface area (Å²) < 4.78 is 0. The minimum atomic E-state index is -0.0684. The highest BCUT2D eigenvalue weighted by atomic mass is 16.3. The number of hydrogen-bond donors (Lipinski definition) is 1. The molecule has 0 aromatic rings. The van der Waals surface area contributed by atoms with E-state index in [0.717, 1.165) is 12.8 Å². The van der Waals surface area contributed by atoms with Gasteiger partial charge in [0.25, 0.3) is 0 Å².